The van der Waals surface area contributed by atoms with Crippen LogP contribution in [0.15, 0.2) is 24.3 Å². The van der Waals surface area contributed by atoms with Gasteiger partial charge in [0.1, 0.15) is 0 Å². The summed E-state index contributed by atoms with van der Waals surface area (Å²) in [6, 6.07) is 0. The van der Waals surface area contributed by atoms with E-state index in [1.165, 1.54) is 90.4 Å². The van der Waals surface area contributed by atoms with Gasteiger partial charge < -0.3 is 9.84 Å². The third-order valence-electron chi connectivity index (χ3n) is 5.49. The van der Waals surface area contributed by atoms with Gasteiger partial charge in [0.15, 0.2) is 6.10 Å². The topological polar surface area (TPSA) is 63.6 Å². The van der Waals surface area contributed by atoms with Crippen LogP contribution in [0.1, 0.15) is 129 Å². The molecule has 0 saturated heterocycles. The first-order chi connectivity index (χ1) is 15.1. The van der Waals surface area contributed by atoms with Gasteiger partial charge in [0, 0.05) is 6.42 Å². The summed E-state index contributed by atoms with van der Waals surface area (Å²) in [5, 5.41) is 8.69. The Kier molecular flexibility index (Phi) is 21.9. The molecule has 1 atom stereocenters. The van der Waals surface area contributed by atoms with Crippen molar-refractivity contribution in [3.8, 4) is 0 Å². The normalized spacial score (nSPS) is 12.6. The molecule has 31 heavy (non-hydrogen) atoms. The fourth-order valence-corrected chi connectivity index (χ4v) is 3.45. The van der Waals surface area contributed by atoms with Gasteiger partial charge in [-0.15, -0.1) is 0 Å². The first-order valence-electron chi connectivity index (χ1n) is 12.8. The minimum Gasteiger partial charge on any atom is -0.479 e. The minimum atomic E-state index is -1.10. The Bertz CT molecular complexity index is 482. The molecule has 0 aromatic carbocycles. The van der Waals surface area contributed by atoms with Crippen LogP contribution in [-0.2, 0) is 14.3 Å². The molecule has 0 aromatic rings. The van der Waals surface area contributed by atoms with Crippen LogP contribution in [0.5, 0.6) is 0 Å². The van der Waals surface area contributed by atoms with E-state index in [1.807, 2.05) is 0 Å². The molecule has 0 saturated carbocycles. The van der Waals surface area contributed by atoms with E-state index in [0.29, 0.717) is 6.42 Å². The highest BCUT2D eigenvalue weighted by molar-refractivity contribution is 5.77. The molecule has 0 radical (unpaired) electrons. The summed E-state index contributed by atoms with van der Waals surface area (Å²) in [4.78, 5) is 22.1. The zero-order valence-electron chi connectivity index (χ0n) is 20.3. The first-order valence-corrected chi connectivity index (χ1v) is 12.8. The number of carboxylic acids is 1. The lowest BCUT2D eigenvalue weighted by Gasteiger charge is -2.08. The van der Waals surface area contributed by atoms with Crippen LogP contribution in [0.2, 0.25) is 0 Å². The number of rotatable bonds is 22. The van der Waals surface area contributed by atoms with Crippen LogP contribution in [0.3, 0.4) is 0 Å². The number of unbranched alkanes of at least 4 members (excludes halogenated alkanes) is 14. The molecule has 180 valence electrons. The van der Waals surface area contributed by atoms with E-state index < -0.39 is 18.0 Å². The van der Waals surface area contributed by atoms with E-state index in [9.17, 15) is 9.59 Å². The molecule has 0 aliphatic carbocycles. The summed E-state index contributed by atoms with van der Waals surface area (Å²) >= 11 is 0. The van der Waals surface area contributed by atoms with Crippen molar-refractivity contribution in [1.29, 1.82) is 0 Å². The van der Waals surface area contributed by atoms with Gasteiger partial charge in [0.25, 0.3) is 0 Å². The average Bonchev–Trinajstić information content (AvgIpc) is 2.74. The number of aliphatic carboxylic acids is 1. The molecular formula is C27H48O4. The summed E-state index contributed by atoms with van der Waals surface area (Å²) in [7, 11) is 0. The van der Waals surface area contributed by atoms with E-state index >= 15 is 0 Å². The number of hydrogen-bond acceptors (Lipinski definition) is 3. The zero-order valence-corrected chi connectivity index (χ0v) is 20.3. The second-order valence-electron chi connectivity index (χ2n) is 8.57. The highest BCUT2D eigenvalue weighted by Gasteiger charge is 2.15. The predicted molar refractivity (Wildman–Crippen MR) is 130 cm³/mol. The molecule has 1 unspecified atom stereocenters. The number of carboxylic acid groups (broad SMARTS) is 1. The third-order valence-corrected chi connectivity index (χ3v) is 5.49. The van der Waals surface area contributed by atoms with E-state index in [2.05, 4.69) is 31.2 Å². The number of carbonyl (C=O) groups excluding carboxylic acids is 1. The monoisotopic (exact) mass is 436 g/mol. The zero-order chi connectivity index (χ0) is 23.0. The number of ether oxygens (including phenoxy) is 1. The maximum Gasteiger partial charge on any atom is 0.344 e. The lowest BCUT2D eigenvalue weighted by atomic mass is 10.1. The van der Waals surface area contributed by atoms with E-state index in [-0.39, 0.29) is 0 Å². The van der Waals surface area contributed by atoms with Gasteiger partial charge in [0.2, 0.25) is 0 Å². The molecule has 0 bridgehead atoms. The highest BCUT2D eigenvalue weighted by atomic mass is 16.6. The molecule has 0 aromatic heterocycles. The van der Waals surface area contributed by atoms with Crippen molar-refractivity contribution in [2.45, 2.75) is 136 Å². The quantitative estimate of drug-likeness (QED) is 0.106. The molecule has 0 spiro atoms. The van der Waals surface area contributed by atoms with Gasteiger partial charge in [-0.3, -0.25) is 4.79 Å². The molecule has 4 nitrogen and oxygen atoms in total. The van der Waals surface area contributed by atoms with Gasteiger partial charge >= 0.3 is 11.9 Å². The van der Waals surface area contributed by atoms with Gasteiger partial charge in [0.05, 0.1) is 0 Å². The molecule has 0 rings (SSSR count). The van der Waals surface area contributed by atoms with E-state index in [0.717, 1.165) is 25.7 Å². The number of esters is 1. The first kappa shape index (κ1) is 29.4. The second-order valence-corrected chi connectivity index (χ2v) is 8.57. The maximum atomic E-state index is 11.5. The number of carbonyl (C=O) groups is 2. The van der Waals surface area contributed by atoms with Crippen molar-refractivity contribution in [3.05, 3.63) is 24.3 Å². The second kappa shape index (κ2) is 23.1. The lowest BCUT2D eigenvalue weighted by Crippen LogP contribution is -2.23. The van der Waals surface area contributed by atoms with Crippen molar-refractivity contribution < 1.29 is 19.4 Å². The van der Waals surface area contributed by atoms with Gasteiger partial charge in [-0.2, -0.15) is 0 Å². The summed E-state index contributed by atoms with van der Waals surface area (Å²) < 4.78 is 4.81. The number of allylic oxidation sites excluding steroid dienone is 4. The number of hydrogen-bond donors (Lipinski definition) is 1. The fourth-order valence-electron chi connectivity index (χ4n) is 3.45. The Morgan fingerprint density at radius 1 is 0.710 bits per heavy atom. The molecular weight excluding hydrogens is 388 g/mol. The smallest absolute Gasteiger partial charge is 0.344 e. The van der Waals surface area contributed by atoms with Gasteiger partial charge in [-0.1, -0.05) is 102 Å². The Labute approximate surface area is 191 Å². The van der Waals surface area contributed by atoms with Crippen LogP contribution < -0.4 is 0 Å². The van der Waals surface area contributed by atoms with Crippen LogP contribution in [0.4, 0.5) is 0 Å². The summed E-state index contributed by atoms with van der Waals surface area (Å²) in [6.07, 6.45) is 29.4. The Morgan fingerprint density at radius 2 is 1.16 bits per heavy atom. The predicted octanol–water partition coefficient (Wildman–Crippen LogP) is 8.16. The van der Waals surface area contributed by atoms with Crippen LogP contribution >= 0.6 is 0 Å². The molecule has 4 heteroatoms. The van der Waals surface area contributed by atoms with Crippen LogP contribution in [0.25, 0.3) is 0 Å². The Hall–Kier alpha value is -1.58. The standard InChI is InChI=1S/C27H48O4/c1-3-4-5-6-7-8-9-10-11-12-13-14-15-16-17-18-19-20-21-22-23-24-26(28)31-25(2)27(29)30/h9-10,12-13,25H,3-8,11,14-24H2,1-2H3,(H,29,30)/b10-9-,13-12-. The maximum absolute atomic E-state index is 11.5. The third kappa shape index (κ3) is 22.9. The molecule has 1 N–H and O–H groups in total. The van der Waals surface area contributed by atoms with E-state index in [4.69, 9.17) is 9.84 Å². The largest absolute Gasteiger partial charge is 0.479 e. The highest BCUT2D eigenvalue weighted by Crippen LogP contribution is 2.12. The van der Waals surface area contributed by atoms with Crippen molar-refractivity contribution in [2.24, 2.45) is 0 Å². The molecule has 0 amide bonds. The molecule has 0 aliphatic heterocycles. The Morgan fingerprint density at radius 3 is 1.65 bits per heavy atom. The van der Waals surface area contributed by atoms with Crippen molar-refractivity contribution in [2.75, 3.05) is 0 Å². The lowest BCUT2D eigenvalue weighted by molar-refractivity contribution is -0.162. The molecule has 0 aliphatic rings. The summed E-state index contributed by atoms with van der Waals surface area (Å²) in [5.74, 6) is -1.50. The van der Waals surface area contributed by atoms with Crippen molar-refractivity contribution >= 4 is 11.9 Å². The summed E-state index contributed by atoms with van der Waals surface area (Å²) in [5.41, 5.74) is 0. The summed E-state index contributed by atoms with van der Waals surface area (Å²) in [6.45, 7) is 3.64. The van der Waals surface area contributed by atoms with E-state index in [1.54, 1.807) is 0 Å². The average molecular weight is 437 g/mol. The van der Waals surface area contributed by atoms with Gasteiger partial charge in [-0.25, -0.2) is 4.79 Å². The molecule has 0 heterocycles. The minimum absolute atomic E-state index is 0.319. The van der Waals surface area contributed by atoms with Crippen molar-refractivity contribution in [1.82, 2.24) is 0 Å². The van der Waals surface area contributed by atoms with Gasteiger partial charge in [-0.05, 0) is 45.4 Å². The molecule has 0 fully saturated rings. The van der Waals surface area contributed by atoms with Crippen molar-refractivity contribution in [3.63, 3.8) is 0 Å². The van der Waals surface area contributed by atoms with Crippen LogP contribution in [0, 0.1) is 0 Å². The van der Waals surface area contributed by atoms with Crippen LogP contribution in [-0.4, -0.2) is 23.1 Å². The SMILES string of the molecule is CCCCCCC/C=C\C/C=C\CCCCCCCCCCCC(=O)OC(C)C(=O)O. The Balaban J connectivity index is 3.28. The fraction of sp³-hybridized carbons (Fsp3) is 0.778.